The van der Waals surface area contributed by atoms with Crippen LogP contribution in [0.2, 0.25) is 0 Å². The van der Waals surface area contributed by atoms with E-state index in [1.165, 1.54) is 11.3 Å². The number of nitriles is 1. The van der Waals surface area contributed by atoms with E-state index in [1.54, 1.807) is 11.0 Å². The fourth-order valence-corrected chi connectivity index (χ4v) is 3.03. The molecule has 0 saturated carbocycles. The van der Waals surface area contributed by atoms with Gasteiger partial charge in [0.05, 0.1) is 14.7 Å². The van der Waals surface area contributed by atoms with Gasteiger partial charge in [0.25, 0.3) is 5.91 Å². The fourth-order valence-electron chi connectivity index (χ4n) is 1.67. The van der Waals surface area contributed by atoms with Crippen molar-refractivity contribution in [3.63, 3.8) is 0 Å². The normalized spacial score (nSPS) is 9.89. The van der Waals surface area contributed by atoms with Crippen molar-refractivity contribution in [2.75, 3.05) is 6.54 Å². The van der Waals surface area contributed by atoms with E-state index in [-0.39, 0.29) is 12.5 Å². The monoisotopic (exact) mass is 334 g/mol. The molecule has 0 spiro atoms. The average Bonchev–Trinajstić information content (AvgIpc) is 2.85. The molecule has 0 unspecified atom stereocenters. The van der Waals surface area contributed by atoms with Crippen LogP contribution in [0.1, 0.15) is 15.2 Å². The molecule has 5 heteroatoms. The van der Waals surface area contributed by atoms with E-state index in [1.807, 2.05) is 42.5 Å². The van der Waals surface area contributed by atoms with Crippen LogP contribution in [-0.4, -0.2) is 17.4 Å². The minimum atomic E-state index is -0.110. The molecule has 96 valence electrons. The Hall–Kier alpha value is -1.64. The molecule has 0 atom stereocenters. The molecule has 1 aromatic carbocycles. The van der Waals surface area contributed by atoms with Gasteiger partial charge in [0.15, 0.2) is 0 Å². The molecule has 2 aromatic rings. The lowest BCUT2D eigenvalue weighted by atomic mass is 10.2. The summed E-state index contributed by atoms with van der Waals surface area (Å²) in [6.45, 7) is 0.534. The van der Waals surface area contributed by atoms with E-state index in [9.17, 15) is 4.79 Å². The quantitative estimate of drug-likeness (QED) is 0.800. The molecule has 1 aromatic heterocycles. The van der Waals surface area contributed by atoms with Crippen LogP contribution < -0.4 is 0 Å². The summed E-state index contributed by atoms with van der Waals surface area (Å²) in [4.78, 5) is 14.5. The van der Waals surface area contributed by atoms with Gasteiger partial charge in [0.1, 0.15) is 6.54 Å². The summed E-state index contributed by atoms with van der Waals surface area (Å²) in [6.07, 6.45) is 0. The van der Waals surface area contributed by atoms with Crippen molar-refractivity contribution >= 4 is 33.2 Å². The number of amides is 1. The maximum absolute atomic E-state index is 12.3. The molecule has 3 nitrogen and oxygen atoms in total. The zero-order valence-electron chi connectivity index (χ0n) is 10.0. The highest BCUT2D eigenvalue weighted by Crippen LogP contribution is 2.23. The third-order valence-corrected chi connectivity index (χ3v) is 4.16. The molecule has 0 fully saturated rings. The number of hydrogen-bond acceptors (Lipinski definition) is 3. The summed E-state index contributed by atoms with van der Waals surface area (Å²) in [5.74, 6) is -0.110. The standard InChI is InChI=1S/C14H11BrN2OS/c15-13-7-6-12(19-13)14(18)17(9-8-16)10-11-4-2-1-3-5-11/h1-7H,9-10H2. The second-order valence-electron chi connectivity index (χ2n) is 3.91. The van der Waals surface area contributed by atoms with Crippen molar-refractivity contribution in [2.24, 2.45) is 0 Å². The Bertz CT molecular complexity index is 603. The minimum absolute atomic E-state index is 0.0866. The zero-order chi connectivity index (χ0) is 13.7. The van der Waals surface area contributed by atoms with E-state index in [2.05, 4.69) is 15.9 Å². The summed E-state index contributed by atoms with van der Waals surface area (Å²) in [7, 11) is 0. The van der Waals surface area contributed by atoms with E-state index >= 15 is 0 Å². The number of hydrogen-bond donors (Lipinski definition) is 0. The number of rotatable bonds is 4. The van der Waals surface area contributed by atoms with Gasteiger partial charge in [0, 0.05) is 6.54 Å². The maximum atomic E-state index is 12.3. The Labute approximate surface area is 124 Å². The van der Waals surface area contributed by atoms with Gasteiger partial charge in [-0.3, -0.25) is 4.79 Å². The summed E-state index contributed by atoms with van der Waals surface area (Å²) in [6, 6.07) is 15.3. The maximum Gasteiger partial charge on any atom is 0.265 e. The predicted molar refractivity (Wildman–Crippen MR) is 78.8 cm³/mol. The Kier molecular flexibility index (Phi) is 4.72. The third kappa shape index (κ3) is 3.66. The van der Waals surface area contributed by atoms with Crippen molar-refractivity contribution in [1.29, 1.82) is 5.26 Å². The van der Waals surface area contributed by atoms with Crippen LogP contribution in [0.3, 0.4) is 0 Å². The van der Waals surface area contributed by atoms with E-state index in [4.69, 9.17) is 5.26 Å². The first-order valence-electron chi connectivity index (χ1n) is 5.66. The first kappa shape index (κ1) is 13.8. The van der Waals surface area contributed by atoms with Gasteiger partial charge in [-0.05, 0) is 33.6 Å². The van der Waals surface area contributed by atoms with Crippen molar-refractivity contribution < 1.29 is 4.79 Å². The molecule has 2 rings (SSSR count). The fraction of sp³-hybridized carbons (Fsp3) is 0.143. The SMILES string of the molecule is N#CCN(Cc1ccccc1)C(=O)c1ccc(Br)s1. The smallest absolute Gasteiger partial charge is 0.265 e. The van der Waals surface area contributed by atoms with Crippen molar-refractivity contribution in [2.45, 2.75) is 6.54 Å². The highest BCUT2D eigenvalue weighted by molar-refractivity contribution is 9.11. The van der Waals surface area contributed by atoms with Crippen LogP contribution in [0.4, 0.5) is 0 Å². The number of nitrogens with zero attached hydrogens (tertiary/aromatic N) is 2. The number of halogens is 1. The summed E-state index contributed by atoms with van der Waals surface area (Å²) in [5, 5.41) is 8.87. The molecular weight excluding hydrogens is 324 g/mol. The van der Waals surface area contributed by atoms with Gasteiger partial charge in [-0.25, -0.2) is 0 Å². The van der Waals surface area contributed by atoms with Crippen LogP contribution in [0.5, 0.6) is 0 Å². The molecule has 19 heavy (non-hydrogen) atoms. The third-order valence-electron chi connectivity index (χ3n) is 2.55. The molecule has 0 saturated heterocycles. The molecular formula is C14H11BrN2OS. The molecule has 0 aliphatic heterocycles. The zero-order valence-corrected chi connectivity index (χ0v) is 12.4. The van der Waals surface area contributed by atoms with Crippen LogP contribution in [0.15, 0.2) is 46.3 Å². The van der Waals surface area contributed by atoms with Crippen molar-refractivity contribution in [1.82, 2.24) is 4.90 Å². The largest absolute Gasteiger partial charge is 0.320 e. The van der Waals surface area contributed by atoms with Crippen LogP contribution in [-0.2, 0) is 6.54 Å². The van der Waals surface area contributed by atoms with Crippen LogP contribution in [0.25, 0.3) is 0 Å². The lowest BCUT2D eigenvalue weighted by Crippen LogP contribution is -2.30. The lowest BCUT2D eigenvalue weighted by Gasteiger charge is -2.18. The van der Waals surface area contributed by atoms with Crippen molar-refractivity contribution in [3.05, 3.63) is 56.7 Å². The van der Waals surface area contributed by atoms with Gasteiger partial charge in [-0.1, -0.05) is 30.3 Å². The first-order valence-corrected chi connectivity index (χ1v) is 7.27. The summed E-state index contributed by atoms with van der Waals surface area (Å²) in [5.41, 5.74) is 1.02. The Morgan fingerprint density at radius 2 is 2.00 bits per heavy atom. The van der Waals surface area contributed by atoms with E-state index in [0.29, 0.717) is 11.4 Å². The van der Waals surface area contributed by atoms with Gasteiger partial charge < -0.3 is 4.90 Å². The Balaban J connectivity index is 2.16. The molecule has 1 amide bonds. The first-order chi connectivity index (χ1) is 9.20. The highest BCUT2D eigenvalue weighted by atomic mass is 79.9. The number of carbonyl (C=O) groups is 1. The molecule has 0 N–H and O–H groups in total. The molecule has 0 bridgehead atoms. The molecule has 0 radical (unpaired) electrons. The minimum Gasteiger partial charge on any atom is -0.320 e. The van der Waals surface area contributed by atoms with Gasteiger partial charge >= 0.3 is 0 Å². The number of benzene rings is 1. The highest BCUT2D eigenvalue weighted by Gasteiger charge is 2.17. The van der Waals surface area contributed by atoms with E-state index in [0.717, 1.165) is 9.35 Å². The molecule has 1 heterocycles. The second kappa shape index (κ2) is 6.50. The Morgan fingerprint density at radius 3 is 2.58 bits per heavy atom. The predicted octanol–water partition coefficient (Wildman–Crippen LogP) is 3.68. The van der Waals surface area contributed by atoms with Crippen molar-refractivity contribution in [3.8, 4) is 6.07 Å². The topological polar surface area (TPSA) is 44.1 Å². The van der Waals surface area contributed by atoms with Gasteiger partial charge in [-0.2, -0.15) is 5.26 Å². The molecule has 0 aliphatic rings. The second-order valence-corrected chi connectivity index (χ2v) is 6.37. The lowest BCUT2D eigenvalue weighted by molar-refractivity contribution is 0.0770. The van der Waals surface area contributed by atoms with E-state index < -0.39 is 0 Å². The van der Waals surface area contributed by atoms with Crippen LogP contribution in [0, 0.1) is 11.3 Å². The Morgan fingerprint density at radius 1 is 1.26 bits per heavy atom. The number of carbonyl (C=O) groups excluding carboxylic acids is 1. The van der Waals surface area contributed by atoms with Crippen LogP contribution >= 0.6 is 27.3 Å². The molecule has 0 aliphatic carbocycles. The summed E-state index contributed by atoms with van der Waals surface area (Å²) < 4.78 is 0.910. The van der Waals surface area contributed by atoms with Gasteiger partial charge in [0.2, 0.25) is 0 Å². The number of thiophene rings is 1. The van der Waals surface area contributed by atoms with Gasteiger partial charge in [-0.15, -0.1) is 11.3 Å². The average molecular weight is 335 g/mol. The summed E-state index contributed by atoms with van der Waals surface area (Å²) >= 11 is 4.71.